The Hall–Kier alpha value is -2.99. The van der Waals surface area contributed by atoms with Gasteiger partial charge >= 0.3 is 0 Å². The first-order valence-corrected chi connectivity index (χ1v) is 8.85. The summed E-state index contributed by atoms with van der Waals surface area (Å²) in [6.07, 6.45) is 2.23. The average molecular weight is 347 g/mol. The molecule has 1 aliphatic carbocycles. The molecule has 1 heterocycles. The third kappa shape index (κ3) is 3.36. The van der Waals surface area contributed by atoms with Crippen LogP contribution in [0.2, 0.25) is 0 Å². The summed E-state index contributed by atoms with van der Waals surface area (Å²) in [5, 5.41) is 7.46. The fraction of sp³-hybridized carbons (Fsp3) is 0.250. The normalized spacial score (nSPS) is 14.8. The second-order valence-electron chi connectivity index (χ2n) is 6.53. The molecule has 6 heteroatoms. The molecule has 132 valence electrons. The monoisotopic (exact) mass is 347 g/mol. The number of hydrogen-bond acceptors (Lipinski definition) is 4. The molecule has 1 atom stereocenters. The molecule has 1 unspecified atom stereocenters. The fourth-order valence-corrected chi connectivity index (χ4v) is 3.03. The summed E-state index contributed by atoms with van der Waals surface area (Å²) in [6.45, 7) is 0.432. The van der Waals surface area contributed by atoms with Crippen LogP contribution < -0.4 is 11.1 Å². The summed E-state index contributed by atoms with van der Waals surface area (Å²) in [5.74, 6) is 0.998. The van der Waals surface area contributed by atoms with E-state index in [0.717, 1.165) is 24.1 Å². The Morgan fingerprint density at radius 1 is 1.12 bits per heavy atom. The van der Waals surface area contributed by atoms with E-state index in [1.165, 1.54) is 0 Å². The second-order valence-corrected chi connectivity index (χ2v) is 6.53. The number of hydrogen-bond donors (Lipinski definition) is 2. The van der Waals surface area contributed by atoms with Crippen molar-refractivity contribution in [1.29, 1.82) is 0 Å². The first-order chi connectivity index (χ1) is 12.8. The molecule has 3 N–H and O–H groups in total. The minimum Gasteiger partial charge on any atom is -0.345 e. The number of carbonyl (C=O) groups is 1. The van der Waals surface area contributed by atoms with Gasteiger partial charge in [-0.05, 0) is 30.9 Å². The van der Waals surface area contributed by atoms with Gasteiger partial charge in [-0.2, -0.15) is 0 Å². The molecule has 1 amide bonds. The van der Waals surface area contributed by atoms with E-state index in [1.807, 2.05) is 60.7 Å². The number of aromatic nitrogens is 3. The van der Waals surface area contributed by atoms with E-state index in [1.54, 1.807) is 4.68 Å². The van der Waals surface area contributed by atoms with Gasteiger partial charge in [-0.1, -0.05) is 48.5 Å². The van der Waals surface area contributed by atoms with Crippen molar-refractivity contribution in [2.45, 2.75) is 18.9 Å². The minimum atomic E-state index is -0.279. The summed E-state index contributed by atoms with van der Waals surface area (Å²) in [5.41, 5.74) is 7.56. The van der Waals surface area contributed by atoms with Crippen molar-refractivity contribution in [3.63, 3.8) is 0 Å². The summed E-state index contributed by atoms with van der Waals surface area (Å²) < 4.78 is 1.71. The van der Waals surface area contributed by atoms with E-state index in [0.29, 0.717) is 18.3 Å². The predicted molar refractivity (Wildman–Crippen MR) is 99.8 cm³/mol. The van der Waals surface area contributed by atoms with Gasteiger partial charge in [0.05, 0.1) is 5.69 Å². The van der Waals surface area contributed by atoms with Gasteiger partial charge in [0, 0.05) is 18.2 Å². The number of nitrogens with two attached hydrogens (primary N) is 1. The Labute approximate surface area is 152 Å². The Morgan fingerprint density at radius 2 is 1.77 bits per heavy atom. The predicted octanol–water partition coefficient (Wildman–Crippen LogP) is 2.40. The molecule has 3 aromatic rings. The number of nitrogens with zero attached hydrogens (tertiary/aromatic N) is 3. The van der Waals surface area contributed by atoms with Crippen LogP contribution >= 0.6 is 0 Å². The zero-order chi connectivity index (χ0) is 17.9. The van der Waals surface area contributed by atoms with E-state index >= 15 is 0 Å². The van der Waals surface area contributed by atoms with Gasteiger partial charge in [-0.25, -0.2) is 9.67 Å². The van der Waals surface area contributed by atoms with E-state index in [9.17, 15) is 4.79 Å². The number of amides is 1. The van der Waals surface area contributed by atoms with E-state index < -0.39 is 0 Å². The Balaban J connectivity index is 1.70. The van der Waals surface area contributed by atoms with Crippen molar-refractivity contribution < 1.29 is 4.79 Å². The van der Waals surface area contributed by atoms with Gasteiger partial charge in [0.1, 0.15) is 0 Å². The van der Waals surface area contributed by atoms with Crippen LogP contribution in [0.15, 0.2) is 60.7 Å². The lowest BCUT2D eigenvalue weighted by Gasteiger charge is -2.14. The second kappa shape index (κ2) is 7.09. The molecule has 1 aliphatic rings. The molecule has 0 radical (unpaired) electrons. The molecule has 2 aromatic carbocycles. The van der Waals surface area contributed by atoms with Crippen molar-refractivity contribution in [3.05, 3.63) is 66.5 Å². The summed E-state index contributed by atoms with van der Waals surface area (Å²) in [6, 6.07) is 19.4. The molecule has 4 rings (SSSR count). The first-order valence-electron chi connectivity index (χ1n) is 8.85. The highest BCUT2D eigenvalue weighted by Crippen LogP contribution is 2.32. The smallest absolute Gasteiger partial charge is 0.291 e. The number of rotatable bonds is 6. The number of nitrogens with one attached hydrogen (secondary N) is 1. The largest absolute Gasteiger partial charge is 0.345 e. The number of benzene rings is 2. The van der Waals surface area contributed by atoms with Crippen LogP contribution in [-0.2, 0) is 0 Å². The lowest BCUT2D eigenvalue weighted by molar-refractivity contribution is 0.0923. The molecule has 0 spiro atoms. The van der Waals surface area contributed by atoms with Gasteiger partial charge in [0.15, 0.2) is 5.82 Å². The van der Waals surface area contributed by atoms with Crippen molar-refractivity contribution in [2.24, 2.45) is 11.7 Å². The van der Waals surface area contributed by atoms with Crippen molar-refractivity contribution in [1.82, 2.24) is 20.1 Å². The number of para-hydroxylation sites is 1. The highest BCUT2D eigenvalue weighted by Gasteiger charge is 2.32. The van der Waals surface area contributed by atoms with Crippen molar-refractivity contribution in [3.8, 4) is 17.1 Å². The molecule has 0 aliphatic heterocycles. The van der Waals surface area contributed by atoms with E-state index in [2.05, 4.69) is 15.4 Å². The van der Waals surface area contributed by atoms with Crippen molar-refractivity contribution in [2.75, 3.05) is 6.54 Å². The molecule has 1 saturated carbocycles. The van der Waals surface area contributed by atoms with Gasteiger partial charge in [-0.15, -0.1) is 5.10 Å². The van der Waals surface area contributed by atoms with Crippen LogP contribution in [0.1, 0.15) is 23.5 Å². The molecule has 1 aromatic heterocycles. The first kappa shape index (κ1) is 16.5. The van der Waals surface area contributed by atoms with Crippen LogP contribution in [0.25, 0.3) is 17.1 Å². The molecular formula is C20H21N5O. The van der Waals surface area contributed by atoms with Gasteiger partial charge < -0.3 is 11.1 Å². The Morgan fingerprint density at radius 3 is 2.38 bits per heavy atom. The zero-order valence-electron chi connectivity index (χ0n) is 14.4. The summed E-state index contributed by atoms with van der Waals surface area (Å²) in [4.78, 5) is 17.2. The standard InChI is InChI=1S/C20H21N5O/c21-13-17(14-11-12-14)22-20(26)18-23-19(15-7-3-1-4-8-15)25(24-18)16-9-5-2-6-10-16/h1-10,14,17H,11-13,21H2,(H,22,26). The van der Waals surface area contributed by atoms with Crippen LogP contribution in [-0.4, -0.2) is 33.3 Å². The SMILES string of the molecule is NCC(NC(=O)c1nc(-c2ccccc2)n(-c2ccccc2)n1)C1CC1. The van der Waals surface area contributed by atoms with Gasteiger partial charge in [-0.3, -0.25) is 4.79 Å². The average Bonchev–Trinajstić information content (AvgIpc) is 3.44. The molecule has 0 bridgehead atoms. The Kier molecular flexibility index (Phi) is 4.50. The van der Waals surface area contributed by atoms with Gasteiger partial charge in [0.2, 0.25) is 5.82 Å². The molecule has 1 fully saturated rings. The fourth-order valence-electron chi connectivity index (χ4n) is 3.03. The molecule has 0 saturated heterocycles. The van der Waals surface area contributed by atoms with Crippen LogP contribution in [0, 0.1) is 5.92 Å². The van der Waals surface area contributed by atoms with Crippen LogP contribution in [0.3, 0.4) is 0 Å². The maximum atomic E-state index is 12.7. The van der Waals surface area contributed by atoms with E-state index in [4.69, 9.17) is 5.73 Å². The van der Waals surface area contributed by atoms with Crippen LogP contribution in [0.4, 0.5) is 0 Å². The molecular weight excluding hydrogens is 326 g/mol. The maximum absolute atomic E-state index is 12.7. The lowest BCUT2D eigenvalue weighted by Crippen LogP contribution is -2.42. The zero-order valence-corrected chi connectivity index (χ0v) is 14.4. The quantitative estimate of drug-likeness (QED) is 0.717. The molecule has 6 nitrogen and oxygen atoms in total. The third-order valence-electron chi connectivity index (χ3n) is 4.60. The summed E-state index contributed by atoms with van der Waals surface area (Å²) >= 11 is 0. The van der Waals surface area contributed by atoms with Crippen LogP contribution in [0.5, 0.6) is 0 Å². The number of carbonyl (C=O) groups excluding carboxylic acids is 1. The minimum absolute atomic E-state index is 0.00801. The molecule has 26 heavy (non-hydrogen) atoms. The van der Waals surface area contributed by atoms with Gasteiger partial charge in [0.25, 0.3) is 5.91 Å². The maximum Gasteiger partial charge on any atom is 0.291 e. The highest BCUT2D eigenvalue weighted by atomic mass is 16.2. The third-order valence-corrected chi connectivity index (χ3v) is 4.60. The summed E-state index contributed by atoms with van der Waals surface area (Å²) in [7, 11) is 0. The lowest BCUT2D eigenvalue weighted by atomic mass is 10.2. The Bertz CT molecular complexity index is 830. The van der Waals surface area contributed by atoms with Crippen molar-refractivity contribution >= 4 is 5.91 Å². The topological polar surface area (TPSA) is 85.8 Å². The van der Waals surface area contributed by atoms with E-state index in [-0.39, 0.29) is 17.8 Å². The highest BCUT2D eigenvalue weighted by molar-refractivity contribution is 5.91.